The first-order valence-electron chi connectivity index (χ1n) is 6.36. The van der Waals surface area contributed by atoms with Gasteiger partial charge >= 0.3 is 0 Å². The molecule has 0 aliphatic carbocycles. The van der Waals surface area contributed by atoms with Gasteiger partial charge in [0.1, 0.15) is 0 Å². The lowest BCUT2D eigenvalue weighted by atomic mass is 10.1. The van der Waals surface area contributed by atoms with Crippen molar-refractivity contribution in [3.63, 3.8) is 0 Å². The highest BCUT2D eigenvalue weighted by Gasteiger charge is 2.33. The average Bonchev–Trinajstić information content (AvgIpc) is 2.39. The lowest BCUT2D eigenvalue weighted by Crippen LogP contribution is -2.52. The fourth-order valence-corrected chi connectivity index (χ4v) is 4.03. The minimum absolute atomic E-state index is 0.0143. The van der Waals surface area contributed by atoms with Crippen molar-refractivity contribution in [2.75, 3.05) is 12.3 Å². The van der Waals surface area contributed by atoms with Crippen molar-refractivity contribution in [2.45, 2.75) is 32.1 Å². The summed E-state index contributed by atoms with van der Waals surface area (Å²) in [4.78, 5) is 14.5. The van der Waals surface area contributed by atoms with Gasteiger partial charge in [-0.2, -0.15) is 0 Å². The number of rotatable bonds is 1. The molecule has 0 spiro atoms. The van der Waals surface area contributed by atoms with Gasteiger partial charge in [-0.15, -0.1) is 0 Å². The molecule has 2 rings (SSSR count). The maximum Gasteiger partial charge on any atom is 0.254 e. The van der Waals surface area contributed by atoms with E-state index >= 15 is 0 Å². The van der Waals surface area contributed by atoms with E-state index in [0.717, 1.165) is 15.6 Å². The topological polar surface area (TPSA) is 37.4 Å². The number of nitrogens with zero attached hydrogens (tertiary/aromatic N) is 1. The summed E-state index contributed by atoms with van der Waals surface area (Å²) in [6.07, 6.45) is 0. The van der Waals surface area contributed by atoms with Gasteiger partial charge in [-0.3, -0.25) is 9.00 Å². The molecule has 3 atom stereocenters. The van der Waals surface area contributed by atoms with E-state index in [1.165, 1.54) is 0 Å². The van der Waals surface area contributed by atoms with Gasteiger partial charge < -0.3 is 4.90 Å². The van der Waals surface area contributed by atoms with E-state index in [1.54, 1.807) is 0 Å². The fourth-order valence-electron chi connectivity index (χ4n) is 2.33. The zero-order chi connectivity index (χ0) is 14.2. The number of halogens is 1. The molecule has 0 radical (unpaired) electrons. The van der Waals surface area contributed by atoms with Gasteiger partial charge in [0.05, 0.1) is 5.25 Å². The van der Waals surface area contributed by atoms with Crippen LogP contribution in [0.4, 0.5) is 0 Å². The van der Waals surface area contributed by atoms with E-state index in [0.29, 0.717) is 12.3 Å². The summed E-state index contributed by atoms with van der Waals surface area (Å²) >= 11 is 3.46. The van der Waals surface area contributed by atoms with Crippen LogP contribution in [-0.4, -0.2) is 38.6 Å². The van der Waals surface area contributed by atoms with Crippen LogP contribution in [-0.2, 0) is 10.8 Å². The third-order valence-corrected chi connectivity index (χ3v) is 6.55. The molecule has 1 aliphatic heterocycles. The van der Waals surface area contributed by atoms with Crippen molar-refractivity contribution < 1.29 is 9.00 Å². The lowest BCUT2D eigenvalue weighted by molar-refractivity contribution is 0.0695. The van der Waals surface area contributed by atoms with E-state index in [2.05, 4.69) is 15.9 Å². The van der Waals surface area contributed by atoms with E-state index in [4.69, 9.17) is 0 Å². The molecule has 1 aromatic carbocycles. The van der Waals surface area contributed by atoms with Crippen molar-refractivity contribution in [2.24, 2.45) is 0 Å². The van der Waals surface area contributed by atoms with Gasteiger partial charge in [0.15, 0.2) is 0 Å². The molecule has 0 saturated carbocycles. The summed E-state index contributed by atoms with van der Waals surface area (Å²) in [6.45, 7) is 6.44. The summed E-state index contributed by atoms with van der Waals surface area (Å²) in [5.74, 6) is 0.611. The van der Waals surface area contributed by atoms with E-state index < -0.39 is 10.8 Å². The van der Waals surface area contributed by atoms with Crippen LogP contribution in [0.2, 0.25) is 0 Å². The third kappa shape index (κ3) is 2.77. The van der Waals surface area contributed by atoms with Crippen LogP contribution in [0, 0.1) is 6.92 Å². The van der Waals surface area contributed by atoms with Gasteiger partial charge in [0.25, 0.3) is 5.91 Å². The van der Waals surface area contributed by atoms with Crippen LogP contribution in [0.1, 0.15) is 29.8 Å². The first-order chi connectivity index (χ1) is 8.93. The lowest BCUT2D eigenvalue weighted by Gasteiger charge is -2.37. The largest absolute Gasteiger partial charge is 0.334 e. The second kappa shape index (κ2) is 5.75. The molecule has 5 heteroatoms. The summed E-state index contributed by atoms with van der Waals surface area (Å²) in [5, 5.41) is 0.0326. The van der Waals surface area contributed by atoms with E-state index in [-0.39, 0.29) is 17.2 Å². The Morgan fingerprint density at radius 3 is 2.79 bits per heavy atom. The molecular weight excluding hydrogens is 326 g/mol. The summed E-state index contributed by atoms with van der Waals surface area (Å²) in [6, 6.07) is 5.68. The highest BCUT2D eigenvalue weighted by molar-refractivity contribution is 9.10. The minimum atomic E-state index is -0.822. The molecule has 0 bridgehead atoms. The fraction of sp³-hybridized carbons (Fsp3) is 0.500. The SMILES string of the molecule is Cc1c(Br)cccc1C(=O)N1CCS(=O)C(C)C1C. The van der Waals surface area contributed by atoms with Crippen LogP contribution >= 0.6 is 15.9 Å². The number of amides is 1. The zero-order valence-corrected chi connectivity index (χ0v) is 13.8. The second-order valence-electron chi connectivity index (χ2n) is 4.94. The molecule has 1 aromatic rings. The number of carbonyl (C=O) groups excluding carboxylic acids is 1. The van der Waals surface area contributed by atoms with E-state index in [9.17, 15) is 9.00 Å². The summed E-state index contributed by atoms with van der Waals surface area (Å²) in [5.41, 5.74) is 1.68. The van der Waals surface area contributed by atoms with Gasteiger partial charge in [-0.1, -0.05) is 22.0 Å². The van der Waals surface area contributed by atoms with Gasteiger partial charge in [-0.25, -0.2) is 0 Å². The first kappa shape index (κ1) is 14.7. The highest BCUT2D eigenvalue weighted by Crippen LogP contribution is 2.24. The Morgan fingerprint density at radius 2 is 2.11 bits per heavy atom. The maximum atomic E-state index is 12.6. The zero-order valence-electron chi connectivity index (χ0n) is 11.4. The number of hydrogen-bond donors (Lipinski definition) is 0. The first-order valence-corrected chi connectivity index (χ1v) is 8.54. The number of hydrogen-bond acceptors (Lipinski definition) is 2. The molecule has 3 nitrogen and oxygen atoms in total. The monoisotopic (exact) mass is 343 g/mol. The highest BCUT2D eigenvalue weighted by atomic mass is 79.9. The Morgan fingerprint density at radius 1 is 1.42 bits per heavy atom. The number of carbonyl (C=O) groups is 1. The van der Waals surface area contributed by atoms with Crippen molar-refractivity contribution in [3.8, 4) is 0 Å². The Balaban J connectivity index is 2.29. The molecule has 1 saturated heterocycles. The van der Waals surface area contributed by atoms with Crippen molar-refractivity contribution in [1.82, 2.24) is 4.90 Å². The Hall–Kier alpha value is -0.680. The van der Waals surface area contributed by atoms with Crippen LogP contribution in [0.25, 0.3) is 0 Å². The predicted octanol–water partition coefficient (Wildman–Crippen LogP) is 2.74. The molecule has 1 amide bonds. The van der Waals surface area contributed by atoms with Gasteiger partial charge in [0, 0.05) is 39.2 Å². The Bertz CT molecular complexity index is 532. The van der Waals surface area contributed by atoms with Crippen LogP contribution in [0.15, 0.2) is 22.7 Å². The predicted molar refractivity (Wildman–Crippen MR) is 81.8 cm³/mol. The molecule has 1 aliphatic rings. The van der Waals surface area contributed by atoms with Crippen LogP contribution < -0.4 is 0 Å². The smallest absolute Gasteiger partial charge is 0.254 e. The van der Waals surface area contributed by atoms with Crippen LogP contribution in [0.5, 0.6) is 0 Å². The Labute approximate surface area is 125 Å². The quantitative estimate of drug-likeness (QED) is 0.786. The van der Waals surface area contributed by atoms with E-state index in [1.807, 2.05) is 43.9 Å². The molecule has 1 fully saturated rings. The normalized spacial score (nSPS) is 27.4. The third-order valence-electron chi connectivity index (χ3n) is 3.88. The summed E-state index contributed by atoms with van der Waals surface area (Å²) < 4.78 is 12.7. The molecule has 3 unspecified atom stereocenters. The van der Waals surface area contributed by atoms with Crippen LogP contribution in [0.3, 0.4) is 0 Å². The molecule has 1 heterocycles. The van der Waals surface area contributed by atoms with Crippen molar-refractivity contribution >= 4 is 32.6 Å². The van der Waals surface area contributed by atoms with Gasteiger partial charge in [0.2, 0.25) is 0 Å². The van der Waals surface area contributed by atoms with Crippen molar-refractivity contribution in [3.05, 3.63) is 33.8 Å². The summed E-state index contributed by atoms with van der Waals surface area (Å²) in [7, 11) is -0.822. The number of benzene rings is 1. The molecular formula is C14H18BrNO2S. The van der Waals surface area contributed by atoms with Gasteiger partial charge in [-0.05, 0) is 38.5 Å². The molecule has 0 aromatic heterocycles. The molecule has 104 valence electrons. The minimum Gasteiger partial charge on any atom is -0.334 e. The molecule has 0 N–H and O–H groups in total. The standard InChI is InChI=1S/C14H18BrNO2S/c1-9-12(5-4-6-13(9)15)14(17)16-7-8-19(18)11(3)10(16)2/h4-6,10-11H,7-8H2,1-3H3. The van der Waals surface area contributed by atoms with Crippen molar-refractivity contribution in [1.29, 1.82) is 0 Å². The Kier molecular flexibility index (Phi) is 4.46. The second-order valence-corrected chi connectivity index (χ2v) is 7.71. The molecule has 19 heavy (non-hydrogen) atoms. The maximum absolute atomic E-state index is 12.6. The average molecular weight is 344 g/mol.